The Kier molecular flexibility index (Phi) is 9.68. The molecule has 0 saturated heterocycles. The summed E-state index contributed by atoms with van der Waals surface area (Å²) in [5.41, 5.74) is 1.76. The zero-order chi connectivity index (χ0) is 24.4. The number of hydrogen-bond donors (Lipinski definition) is 3. The number of amides is 1. The van der Waals surface area contributed by atoms with Gasteiger partial charge in [0.2, 0.25) is 15.9 Å². The van der Waals surface area contributed by atoms with Crippen LogP contribution in [-0.2, 0) is 19.6 Å². The lowest BCUT2D eigenvalue weighted by Crippen LogP contribution is -2.30. The smallest absolute Gasteiger partial charge is 0.340 e. The maximum atomic E-state index is 12.9. The van der Waals surface area contributed by atoms with E-state index in [4.69, 9.17) is 4.74 Å². The number of nitrogens with zero attached hydrogens (tertiary/aromatic N) is 1. The van der Waals surface area contributed by atoms with Gasteiger partial charge in [-0.05, 0) is 44.2 Å². The Labute approximate surface area is 195 Å². The summed E-state index contributed by atoms with van der Waals surface area (Å²) in [6.45, 7) is 8.63. The molecule has 0 saturated carbocycles. The summed E-state index contributed by atoms with van der Waals surface area (Å²) < 4.78 is 32.2. The first-order valence-corrected chi connectivity index (χ1v) is 12.4. The molecule has 0 bridgehead atoms. The molecule has 0 radical (unpaired) electrons. The maximum absolute atomic E-state index is 12.9. The molecule has 0 spiro atoms. The van der Waals surface area contributed by atoms with E-state index in [1.54, 1.807) is 57.2 Å². The minimum atomic E-state index is -3.65. The maximum Gasteiger partial charge on any atom is 0.340 e. The van der Waals surface area contributed by atoms with Crippen LogP contribution in [-0.4, -0.2) is 57.4 Å². The van der Waals surface area contributed by atoms with Gasteiger partial charge in [0.1, 0.15) is 0 Å². The van der Waals surface area contributed by atoms with E-state index < -0.39 is 21.9 Å². The minimum absolute atomic E-state index is 0.135. The molecule has 2 aromatic carbocycles. The molecule has 180 valence electrons. The Morgan fingerprint density at radius 2 is 1.61 bits per heavy atom. The highest BCUT2D eigenvalue weighted by atomic mass is 32.2. The van der Waals surface area contributed by atoms with E-state index in [0.717, 1.165) is 0 Å². The number of benzene rings is 2. The van der Waals surface area contributed by atoms with Gasteiger partial charge in [0, 0.05) is 19.6 Å². The molecule has 10 heteroatoms. The molecule has 0 aliphatic carbocycles. The molecule has 0 aliphatic rings. The molecular weight excluding hydrogens is 444 g/mol. The summed E-state index contributed by atoms with van der Waals surface area (Å²) in [4.78, 5) is 24.9. The monoisotopic (exact) mass is 476 g/mol. The quantitative estimate of drug-likeness (QED) is 0.402. The average molecular weight is 477 g/mol. The summed E-state index contributed by atoms with van der Waals surface area (Å²) in [5, 5.41) is 8.87. The van der Waals surface area contributed by atoms with Gasteiger partial charge in [-0.25, -0.2) is 13.2 Å². The van der Waals surface area contributed by atoms with Gasteiger partial charge in [-0.2, -0.15) is 4.31 Å². The van der Waals surface area contributed by atoms with Crippen LogP contribution in [0.25, 0.3) is 0 Å². The molecule has 1 amide bonds. The number of rotatable bonds is 12. The molecule has 0 atom stereocenters. The summed E-state index contributed by atoms with van der Waals surface area (Å²) in [6.07, 6.45) is 0. The van der Waals surface area contributed by atoms with Gasteiger partial charge < -0.3 is 20.7 Å². The molecule has 9 nitrogen and oxygen atoms in total. The molecule has 0 heterocycles. The third-order valence-electron chi connectivity index (χ3n) is 4.84. The fourth-order valence-corrected chi connectivity index (χ4v) is 4.72. The molecule has 0 unspecified atom stereocenters. The van der Waals surface area contributed by atoms with Crippen molar-refractivity contribution in [1.82, 2.24) is 4.31 Å². The van der Waals surface area contributed by atoms with Crippen molar-refractivity contribution in [3.8, 4) is 0 Å². The van der Waals surface area contributed by atoms with Crippen molar-refractivity contribution in [2.75, 3.05) is 48.7 Å². The van der Waals surface area contributed by atoms with Gasteiger partial charge >= 0.3 is 5.97 Å². The Morgan fingerprint density at radius 1 is 0.909 bits per heavy atom. The number of nitrogens with one attached hydrogen (secondary N) is 3. The molecule has 0 aromatic heterocycles. The fourth-order valence-electron chi connectivity index (χ4n) is 3.24. The number of carbonyl (C=O) groups excluding carboxylic acids is 2. The zero-order valence-corrected chi connectivity index (χ0v) is 20.3. The van der Waals surface area contributed by atoms with Crippen molar-refractivity contribution < 1.29 is 22.7 Å². The van der Waals surface area contributed by atoms with E-state index in [0.29, 0.717) is 36.7 Å². The highest BCUT2D eigenvalue weighted by molar-refractivity contribution is 7.89. The Bertz CT molecular complexity index is 1070. The van der Waals surface area contributed by atoms with Gasteiger partial charge in [-0.1, -0.05) is 26.0 Å². The van der Waals surface area contributed by atoms with Crippen LogP contribution in [0, 0.1) is 0 Å². The van der Waals surface area contributed by atoms with Gasteiger partial charge in [-0.3, -0.25) is 4.79 Å². The third kappa shape index (κ3) is 6.69. The summed E-state index contributed by atoms with van der Waals surface area (Å²) in [7, 11) is -3.65. The lowest BCUT2D eigenvalue weighted by atomic mass is 10.2. The predicted octanol–water partition coefficient (Wildman–Crippen LogP) is 3.38. The van der Waals surface area contributed by atoms with E-state index >= 15 is 0 Å². The number of anilines is 3. The first-order valence-electron chi connectivity index (χ1n) is 11.0. The number of sulfonamides is 1. The predicted molar refractivity (Wildman–Crippen MR) is 130 cm³/mol. The number of carbonyl (C=O) groups is 2. The van der Waals surface area contributed by atoms with E-state index in [1.807, 2.05) is 6.92 Å². The fraction of sp³-hybridized carbons (Fsp3) is 0.391. The molecule has 2 aromatic rings. The lowest BCUT2D eigenvalue weighted by molar-refractivity contribution is -0.114. The van der Waals surface area contributed by atoms with Crippen LogP contribution in [0.5, 0.6) is 0 Å². The van der Waals surface area contributed by atoms with Crippen LogP contribution < -0.4 is 16.0 Å². The van der Waals surface area contributed by atoms with Crippen molar-refractivity contribution in [3.63, 3.8) is 0 Å². The van der Waals surface area contributed by atoms with Gasteiger partial charge in [-0.15, -0.1) is 0 Å². The van der Waals surface area contributed by atoms with Crippen LogP contribution in [0.4, 0.5) is 17.1 Å². The summed E-state index contributed by atoms with van der Waals surface area (Å²) in [6, 6.07) is 11.3. The first kappa shape index (κ1) is 26.1. The SMILES string of the molecule is CCNc1ccc(S(=O)(=O)N(CC)CC)cc1NCC(=O)Nc1ccccc1C(=O)OCC. The average Bonchev–Trinajstić information content (AvgIpc) is 2.79. The van der Waals surface area contributed by atoms with E-state index in [-0.39, 0.29) is 23.6 Å². The summed E-state index contributed by atoms with van der Waals surface area (Å²) in [5.74, 6) is -0.920. The highest BCUT2D eigenvalue weighted by Gasteiger charge is 2.23. The van der Waals surface area contributed by atoms with Crippen LogP contribution >= 0.6 is 0 Å². The first-order chi connectivity index (χ1) is 15.8. The van der Waals surface area contributed by atoms with Crippen molar-refractivity contribution in [1.29, 1.82) is 0 Å². The van der Waals surface area contributed by atoms with Gasteiger partial charge in [0.15, 0.2) is 0 Å². The lowest BCUT2D eigenvalue weighted by Gasteiger charge is -2.20. The number of hydrogen-bond acceptors (Lipinski definition) is 7. The van der Waals surface area contributed by atoms with E-state index in [2.05, 4.69) is 16.0 Å². The topological polar surface area (TPSA) is 117 Å². The zero-order valence-electron chi connectivity index (χ0n) is 19.5. The van der Waals surface area contributed by atoms with Crippen LogP contribution in [0.3, 0.4) is 0 Å². The van der Waals surface area contributed by atoms with E-state index in [9.17, 15) is 18.0 Å². The molecular formula is C23H32N4O5S. The normalized spacial score (nSPS) is 11.2. The molecule has 2 rings (SSSR count). The van der Waals surface area contributed by atoms with E-state index in [1.165, 1.54) is 10.4 Å². The Hall–Kier alpha value is -3.11. The Morgan fingerprint density at radius 3 is 2.24 bits per heavy atom. The van der Waals surface area contributed by atoms with Crippen molar-refractivity contribution in [2.24, 2.45) is 0 Å². The molecule has 0 fully saturated rings. The number of esters is 1. The number of ether oxygens (including phenoxy) is 1. The van der Waals surface area contributed by atoms with Crippen LogP contribution in [0.1, 0.15) is 38.1 Å². The minimum Gasteiger partial charge on any atom is -0.462 e. The number of para-hydroxylation sites is 1. The second kappa shape index (κ2) is 12.2. The van der Waals surface area contributed by atoms with Crippen molar-refractivity contribution in [2.45, 2.75) is 32.6 Å². The highest BCUT2D eigenvalue weighted by Crippen LogP contribution is 2.27. The second-order valence-corrected chi connectivity index (χ2v) is 8.93. The molecule has 33 heavy (non-hydrogen) atoms. The van der Waals surface area contributed by atoms with Gasteiger partial charge in [0.05, 0.1) is 40.7 Å². The van der Waals surface area contributed by atoms with Crippen molar-refractivity contribution >= 4 is 39.0 Å². The standard InChI is InChI=1S/C23H32N4O5S/c1-5-24-20-14-13-17(33(30,31)27(6-2)7-3)15-21(20)25-16-22(28)26-19-12-10-9-11-18(19)23(29)32-8-4/h9-15,24-25H,5-8,16H2,1-4H3,(H,26,28). The molecule has 0 aliphatic heterocycles. The van der Waals surface area contributed by atoms with Crippen LogP contribution in [0.15, 0.2) is 47.4 Å². The molecule has 3 N–H and O–H groups in total. The van der Waals surface area contributed by atoms with Crippen molar-refractivity contribution in [3.05, 3.63) is 48.0 Å². The summed E-state index contributed by atoms with van der Waals surface area (Å²) >= 11 is 0. The Balaban J connectivity index is 2.22. The second-order valence-electron chi connectivity index (χ2n) is 6.99. The third-order valence-corrected chi connectivity index (χ3v) is 6.88. The van der Waals surface area contributed by atoms with Gasteiger partial charge in [0.25, 0.3) is 0 Å². The largest absolute Gasteiger partial charge is 0.462 e. The van der Waals surface area contributed by atoms with Crippen LogP contribution in [0.2, 0.25) is 0 Å².